The molecule has 1 aromatic carbocycles. The highest BCUT2D eigenvalue weighted by Gasteiger charge is 2.25. The quantitative estimate of drug-likeness (QED) is 0.625. The molecule has 0 aliphatic carbocycles. The number of nitrogens with one attached hydrogen (secondary N) is 1. The van der Waals surface area contributed by atoms with Crippen molar-refractivity contribution in [3.05, 3.63) is 29.3 Å². The second-order valence-electron chi connectivity index (χ2n) is 4.99. The number of hydrogen-bond donors (Lipinski definition) is 2. The standard InChI is InChI=1S/C16H26N4O2/c1-5-13-9-7-8-12(3)14(13)19(6-2)16(21)20(15(17)18)10-11-22-4/h7-9H,5-6,10-11H2,1-4H3,(H3,17,18). The molecule has 0 saturated heterocycles. The molecule has 6 heteroatoms. The highest BCUT2D eigenvalue weighted by Crippen LogP contribution is 2.26. The topological polar surface area (TPSA) is 82.7 Å². The van der Waals surface area contributed by atoms with E-state index in [4.69, 9.17) is 15.9 Å². The van der Waals surface area contributed by atoms with Crippen molar-refractivity contribution in [1.82, 2.24) is 4.90 Å². The van der Waals surface area contributed by atoms with Crippen molar-refractivity contribution in [2.24, 2.45) is 5.73 Å². The zero-order valence-corrected chi connectivity index (χ0v) is 13.8. The largest absolute Gasteiger partial charge is 0.383 e. The van der Waals surface area contributed by atoms with Crippen LogP contribution in [-0.2, 0) is 11.2 Å². The predicted octanol–water partition coefficient (Wildman–Crippen LogP) is 2.35. The van der Waals surface area contributed by atoms with Crippen LogP contribution in [0.3, 0.4) is 0 Å². The second kappa shape index (κ2) is 8.38. The van der Waals surface area contributed by atoms with Gasteiger partial charge in [-0.15, -0.1) is 0 Å². The maximum atomic E-state index is 12.8. The molecule has 2 amide bonds. The van der Waals surface area contributed by atoms with Crippen LogP contribution in [0.2, 0.25) is 0 Å². The first kappa shape index (κ1) is 18.0. The number of carbonyl (C=O) groups excluding carboxylic acids is 1. The highest BCUT2D eigenvalue weighted by atomic mass is 16.5. The Hall–Kier alpha value is -2.08. The fraction of sp³-hybridized carbons (Fsp3) is 0.500. The van der Waals surface area contributed by atoms with Crippen LogP contribution in [0.4, 0.5) is 10.5 Å². The van der Waals surface area contributed by atoms with Crippen LogP contribution in [-0.4, -0.2) is 43.7 Å². The van der Waals surface area contributed by atoms with E-state index in [0.29, 0.717) is 13.2 Å². The van der Waals surface area contributed by atoms with Gasteiger partial charge in [0, 0.05) is 13.7 Å². The van der Waals surface area contributed by atoms with Crippen molar-refractivity contribution in [3.8, 4) is 0 Å². The molecule has 0 aromatic heterocycles. The molecule has 0 spiro atoms. The Kier molecular flexibility index (Phi) is 6.85. The molecule has 0 bridgehead atoms. The molecule has 122 valence electrons. The number of ether oxygens (including phenoxy) is 1. The number of nitrogens with zero attached hydrogens (tertiary/aromatic N) is 2. The zero-order valence-electron chi connectivity index (χ0n) is 13.8. The number of amides is 2. The van der Waals surface area contributed by atoms with E-state index in [9.17, 15) is 4.79 Å². The average molecular weight is 306 g/mol. The summed E-state index contributed by atoms with van der Waals surface area (Å²) in [6, 6.07) is 5.70. The first-order valence-corrected chi connectivity index (χ1v) is 7.48. The lowest BCUT2D eigenvalue weighted by Gasteiger charge is -2.31. The average Bonchev–Trinajstić information content (AvgIpc) is 2.49. The summed E-state index contributed by atoms with van der Waals surface area (Å²) in [4.78, 5) is 15.7. The minimum Gasteiger partial charge on any atom is -0.383 e. The first-order valence-electron chi connectivity index (χ1n) is 7.48. The van der Waals surface area contributed by atoms with Crippen molar-refractivity contribution >= 4 is 17.7 Å². The van der Waals surface area contributed by atoms with Gasteiger partial charge >= 0.3 is 6.03 Å². The molecule has 1 rings (SSSR count). The van der Waals surface area contributed by atoms with E-state index < -0.39 is 0 Å². The van der Waals surface area contributed by atoms with Crippen LogP contribution in [0.5, 0.6) is 0 Å². The molecule has 0 aliphatic rings. The van der Waals surface area contributed by atoms with Crippen LogP contribution >= 0.6 is 0 Å². The zero-order chi connectivity index (χ0) is 16.7. The summed E-state index contributed by atoms with van der Waals surface area (Å²) in [6.07, 6.45) is 0.832. The number of anilines is 1. The summed E-state index contributed by atoms with van der Waals surface area (Å²) in [5.74, 6) is -0.271. The van der Waals surface area contributed by atoms with Gasteiger partial charge in [-0.1, -0.05) is 25.1 Å². The molecule has 0 fully saturated rings. The third kappa shape index (κ3) is 3.98. The van der Waals surface area contributed by atoms with Gasteiger partial charge in [0.2, 0.25) is 0 Å². The number of carbonyl (C=O) groups is 1. The van der Waals surface area contributed by atoms with E-state index >= 15 is 0 Å². The maximum absolute atomic E-state index is 12.8. The number of para-hydroxylation sites is 1. The van der Waals surface area contributed by atoms with Gasteiger partial charge in [-0.25, -0.2) is 4.79 Å². The molecule has 0 atom stereocenters. The number of rotatable bonds is 6. The Balaban J connectivity index is 3.19. The van der Waals surface area contributed by atoms with Crippen LogP contribution in [0.25, 0.3) is 0 Å². The van der Waals surface area contributed by atoms with E-state index in [1.54, 1.807) is 12.0 Å². The summed E-state index contributed by atoms with van der Waals surface area (Å²) in [5.41, 5.74) is 8.60. The third-order valence-corrected chi connectivity index (χ3v) is 3.56. The molecular weight excluding hydrogens is 280 g/mol. The smallest absolute Gasteiger partial charge is 0.331 e. The van der Waals surface area contributed by atoms with E-state index in [2.05, 4.69) is 6.92 Å². The normalized spacial score (nSPS) is 10.4. The van der Waals surface area contributed by atoms with Crippen molar-refractivity contribution < 1.29 is 9.53 Å². The summed E-state index contributed by atoms with van der Waals surface area (Å²) >= 11 is 0. The summed E-state index contributed by atoms with van der Waals surface area (Å²) in [7, 11) is 1.55. The van der Waals surface area contributed by atoms with Gasteiger partial charge < -0.3 is 10.5 Å². The lowest BCUT2D eigenvalue weighted by atomic mass is 10.0. The first-order chi connectivity index (χ1) is 10.5. The fourth-order valence-corrected chi connectivity index (χ4v) is 2.43. The van der Waals surface area contributed by atoms with Gasteiger partial charge in [0.15, 0.2) is 5.96 Å². The van der Waals surface area contributed by atoms with Crippen molar-refractivity contribution in [2.75, 3.05) is 31.7 Å². The molecular formula is C16H26N4O2. The fourth-order valence-electron chi connectivity index (χ4n) is 2.43. The lowest BCUT2D eigenvalue weighted by molar-refractivity contribution is 0.174. The van der Waals surface area contributed by atoms with E-state index in [1.807, 2.05) is 32.0 Å². The Bertz CT molecular complexity index is 531. The van der Waals surface area contributed by atoms with Crippen LogP contribution in [0, 0.1) is 12.3 Å². The Morgan fingerprint density at radius 1 is 1.36 bits per heavy atom. The summed E-state index contributed by atoms with van der Waals surface area (Å²) in [5, 5.41) is 7.64. The number of hydrogen-bond acceptors (Lipinski definition) is 3. The number of urea groups is 1. The SMILES string of the molecule is CCc1cccc(C)c1N(CC)C(=O)N(CCOC)C(=N)N. The van der Waals surface area contributed by atoms with E-state index in [-0.39, 0.29) is 18.5 Å². The molecule has 1 aromatic rings. The minimum atomic E-state index is -0.295. The van der Waals surface area contributed by atoms with Crippen molar-refractivity contribution in [1.29, 1.82) is 5.41 Å². The Morgan fingerprint density at radius 2 is 2.05 bits per heavy atom. The maximum Gasteiger partial charge on any atom is 0.331 e. The number of aryl methyl sites for hydroxylation is 2. The van der Waals surface area contributed by atoms with Crippen LogP contribution < -0.4 is 10.6 Å². The minimum absolute atomic E-state index is 0.258. The summed E-state index contributed by atoms with van der Waals surface area (Å²) < 4.78 is 5.00. The second-order valence-corrected chi connectivity index (χ2v) is 4.99. The van der Waals surface area contributed by atoms with Crippen LogP contribution in [0.15, 0.2) is 18.2 Å². The number of methoxy groups -OCH3 is 1. The monoisotopic (exact) mass is 306 g/mol. The molecule has 0 saturated carbocycles. The van der Waals surface area contributed by atoms with Crippen LogP contribution in [0.1, 0.15) is 25.0 Å². The van der Waals surface area contributed by atoms with Crippen molar-refractivity contribution in [2.45, 2.75) is 27.2 Å². The lowest BCUT2D eigenvalue weighted by Crippen LogP contribution is -2.50. The molecule has 0 aliphatic heterocycles. The number of benzene rings is 1. The van der Waals surface area contributed by atoms with Crippen molar-refractivity contribution in [3.63, 3.8) is 0 Å². The highest BCUT2D eigenvalue weighted by molar-refractivity contribution is 6.03. The Morgan fingerprint density at radius 3 is 2.55 bits per heavy atom. The molecule has 3 N–H and O–H groups in total. The van der Waals surface area contributed by atoms with E-state index in [0.717, 1.165) is 23.2 Å². The predicted molar refractivity (Wildman–Crippen MR) is 89.5 cm³/mol. The van der Waals surface area contributed by atoms with Gasteiger partial charge in [0.25, 0.3) is 0 Å². The van der Waals surface area contributed by atoms with Gasteiger partial charge in [0.1, 0.15) is 0 Å². The third-order valence-electron chi connectivity index (χ3n) is 3.56. The number of guanidine groups is 1. The molecule has 0 unspecified atom stereocenters. The van der Waals surface area contributed by atoms with E-state index in [1.165, 1.54) is 4.90 Å². The molecule has 6 nitrogen and oxygen atoms in total. The van der Waals surface area contributed by atoms with Gasteiger partial charge in [-0.3, -0.25) is 15.2 Å². The van der Waals surface area contributed by atoms with Gasteiger partial charge in [0.05, 0.1) is 18.8 Å². The molecule has 0 heterocycles. The molecule has 22 heavy (non-hydrogen) atoms. The Labute approximate surface area is 132 Å². The summed E-state index contributed by atoms with van der Waals surface area (Å²) in [6.45, 7) is 7.06. The molecule has 0 radical (unpaired) electrons. The van der Waals surface area contributed by atoms with Gasteiger partial charge in [-0.2, -0.15) is 0 Å². The number of nitrogens with two attached hydrogens (primary N) is 1. The van der Waals surface area contributed by atoms with Gasteiger partial charge in [-0.05, 0) is 31.4 Å².